The van der Waals surface area contributed by atoms with E-state index in [-0.39, 0.29) is 11.7 Å². The van der Waals surface area contributed by atoms with Crippen molar-refractivity contribution in [1.29, 1.82) is 5.26 Å². The second-order valence-corrected chi connectivity index (χ2v) is 7.51. The summed E-state index contributed by atoms with van der Waals surface area (Å²) >= 11 is 2.76. The second kappa shape index (κ2) is 7.81. The number of amides is 1. The molecule has 132 valence electrons. The topological polar surface area (TPSA) is 82.8 Å². The summed E-state index contributed by atoms with van der Waals surface area (Å²) in [6, 6.07) is 9.95. The predicted molar refractivity (Wildman–Crippen MR) is 105 cm³/mol. The highest BCUT2D eigenvalue weighted by atomic mass is 32.2. The smallest absolute Gasteiger partial charge is 0.239 e. The van der Waals surface area contributed by atoms with Crippen LogP contribution >= 0.6 is 23.1 Å². The fourth-order valence-electron chi connectivity index (χ4n) is 2.52. The highest BCUT2D eigenvalue weighted by molar-refractivity contribution is 8.00. The number of benzene rings is 1. The quantitative estimate of drug-likeness (QED) is 0.493. The van der Waals surface area contributed by atoms with E-state index in [9.17, 15) is 10.1 Å². The lowest BCUT2D eigenvalue weighted by atomic mass is 10.3. The molecular formula is C18H17N5OS2. The number of aryl methyl sites for hydroxylation is 2. The fraction of sp³-hybridized carbons (Fsp3) is 0.278. The van der Waals surface area contributed by atoms with Gasteiger partial charge in [-0.25, -0.2) is 15.0 Å². The molecular weight excluding hydrogens is 366 g/mol. The van der Waals surface area contributed by atoms with E-state index in [1.54, 1.807) is 18.7 Å². The molecule has 0 saturated carbocycles. The number of nitrogens with zero attached hydrogens (tertiary/aromatic N) is 5. The van der Waals surface area contributed by atoms with Crippen molar-refractivity contribution < 1.29 is 4.79 Å². The maximum absolute atomic E-state index is 12.7. The predicted octanol–water partition coefficient (Wildman–Crippen LogP) is 3.72. The van der Waals surface area contributed by atoms with Crippen LogP contribution in [-0.4, -0.2) is 33.2 Å². The fourth-order valence-corrected chi connectivity index (χ4v) is 4.51. The van der Waals surface area contributed by atoms with E-state index in [1.165, 1.54) is 23.1 Å². The molecule has 0 aliphatic rings. The molecule has 0 fully saturated rings. The van der Waals surface area contributed by atoms with Crippen LogP contribution in [0, 0.1) is 25.2 Å². The summed E-state index contributed by atoms with van der Waals surface area (Å²) in [6.07, 6.45) is 0. The van der Waals surface area contributed by atoms with Gasteiger partial charge in [0.1, 0.15) is 22.5 Å². The number of rotatable bonds is 5. The van der Waals surface area contributed by atoms with Gasteiger partial charge < -0.3 is 0 Å². The van der Waals surface area contributed by atoms with Gasteiger partial charge in [-0.2, -0.15) is 5.26 Å². The summed E-state index contributed by atoms with van der Waals surface area (Å²) in [6.45, 7) is 6.01. The molecule has 8 heteroatoms. The van der Waals surface area contributed by atoms with E-state index in [0.717, 1.165) is 10.2 Å². The van der Waals surface area contributed by atoms with E-state index in [1.807, 2.05) is 31.2 Å². The number of hydrogen-bond acceptors (Lipinski definition) is 7. The summed E-state index contributed by atoms with van der Waals surface area (Å²) in [5, 5.41) is 10.6. The van der Waals surface area contributed by atoms with Gasteiger partial charge in [-0.3, -0.25) is 9.69 Å². The van der Waals surface area contributed by atoms with Gasteiger partial charge in [-0.15, -0.1) is 0 Å². The lowest BCUT2D eigenvalue weighted by Gasteiger charge is -2.17. The maximum Gasteiger partial charge on any atom is 0.239 e. The van der Waals surface area contributed by atoms with Crippen molar-refractivity contribution in [1.82, 2.24) is 15.0 Å². The zero-order valence-corrected chi connectivity index (χ0v) is 16.3. The number of aromatic nitrogens is 3. The standard InChI is InChI=1S/C18H17N5OS2/c1-4-23(18-22-14-7-5-6-8-15(14)26-18)16(24)10-25-17-13(9-19)11(2)20-12(3)21-17/h5-8H,4,10H2,1-3H3. The van der Waals surface area contributed by atoms with E-state index >= 15 is 0 Å². The minimum absolute atomic E-state index is 0.0608. The van der Waals surface area contributed by atoms with Crippen molar-refractivity contribution in [2.45, 2.75) is 25.8 Å². The highest BCUT2D eigenvalue weighted by Gasteiger charge is 2.20. The first-order valence-electron chi connectivity index (χ1n) is 8.07. The molecule has 3 rings (SSSR count). The second-order valence-electron chi connectivity index (χ2n) is 5.54. The zero-order chi connectivity index (χ0) is 18.7. The minimum Gasteiger partial charge on any atom is -0.288 e. The van der Waals surface area contributed by atoms with Crippen molar-refractivity contribution >= 4 is 44.4 Å². The molecule has 0 aliphatic heterocycles. The monoisotopic (exact) mass is 383 g/mol. The SMILES string of the molecule is CCN(C(=O)CSc1nc(C)nc(C)c1C#N)c1nc2ccccc2s1. The normalized spacial score (nSPS) is 10.7. The van der Waals surface area contributed by atoms with Crippen LogP contribution in [0.1, 0.15) is 24.0 Å². The average Bonchev–Trinajstić information content (AvgIpc) is 3.03. The van der Waals surface area contributed by atoms with Gasteiger partial charge in [0.2, 0.25) is 5.91 Å². The lowest BCUT2D eigenvalue weighted by molar-refractivity contribution is -0.116. The number of thioether (sulfide) groups is 1. The van der Waals surface area contributed by atoms with Crippen LogP contribution in [0.3, 0.4) is 0 Å². The summed E-state index contributed by atoms with van der Waals surface area (Å²) in [5.41, 5.74) is 1.95. The first-order chi connectivity index (χ1) is 12.5. The molecule has 0 aliphatic carbocycles. The van der Waals surface area contributed by atoms with E-state index in [2.05, 4.69) is 21.0 Å². The van der Waals surface area contributed by atoms with Crippen molar-refractivity contribution in [2.75, 3.05) is 17.2 Å². The molecule has 0 unspecified atom stereocenters. The van der Waals surface area contributed by atoms with Gasteiger partial charge in [0, 0.05) is 6.54 Å². The number of carbonyl (C=O) groups is 1. The van der Waals surface area contributed by atoms with Gasteiger partial charge >= 0.3 is 0 Å². The summed E-state index contributed by atoms with van der Waals surface area (Å²) < 4.78 is 1.05. The number of thiazole rings is 1. The third-order valence-corrected chi connectivity index (χ3v) is 5.76. The van der Waals surface area contributed by atoms with Crippen LogP contribution in [0.5, 0.6) is 0 Å². The largest absolute Gasteiger partial charge is 0.288 e. The van der Waals surface area contributed by atoms with Crippen LogP contribution in [0.2, 0.25) is 0 Å². The molecule has 6 nitrogen and oxygen atoms in total. The lowest BCUT2D eigenvalue weighted by Crippen LogP contribution is -2.32. The molecule has 26 heavy (non-hydrogen) atoms. The maximum atomic E-state index is 12.7. The van der Waals surface area contributed by atoms with Gasteiger partial charge in [-0.1, -0.05) is 35.2 Å². The zero-order valence-electron chi connectivity index (χ0n) is 14.7. The molecule has 1 amide bonds. The third-order valence-electron chi connectivity index (χ3n) is 3.74. The molecule has 0 atom stereocenters. The molecule has 0 bridgehead atoms. The van der Waals surface area contributed by atoms with Gasteiger partial charge in [0.15, 0.2) is 5.13 Å². The number of nitriles is 1. The Hall–Kier alpha value is -2.50. The Morgan fingerprint density at radius 1 is 1.27 bits per heavy atom. The number of hydrogen-bond donors (Lipinski definition) is 0. The Bertz CT molecular complexity index is 975. The molecule has 2 aromatic heterocycles. The molecule has 0 radical (unpaired) electrons. The molecule has 0 N–H and O–H groups in total. The van der Waals surface area contributed by atoms with Crippen molar-refractivity contribution in [3.63, 3.8) is 0 Å². The highest BCUT2D eigenvalue weighted by Crippen LogP contribution is 2.29. The van der Waals surface area contributed by atoms with E-state index < -0.39 is 0 Å². The number of carbonyl (C=O) groups excluding carboxylic acids is 1. The molecule has 0 saturated heterocycles. The average molecular weight is 384 g/mol. The first kappa shape index (κ1) is 18.3. The Morgan fingerprint density at radius 2 is 2.04 bits per heavy atom. The minimum atomic E-state index is -0.0608. The Kier molecular flexibility index (Phi) is 5.49. The van der Waals surface area contributed by atoms with Crippen molar-refractivity contribution in [3.8, 4) is 6.07 Å². The van der Waals surface area contributed by atoms with Crippen LogP contribution in [0.4, 0.5) is 5.13 Å². The van der Waals surface area contributed by atoms with Crippen LogP contribution in [0.15, 0.2) is 29.3 Å². The van der Waals surface area contributed by atoms with Crippen LogP contribution in [0.25, 0.3) is 10.2 Å². The summed E-state index contributed by atoms with van der Waals surface area (Å²) in [7, 11) is 0. The van der Waals surface area contributed by atoms with Crippen LogP contribution in [-0.2, 0) is 4.79 Å². The number of anilines is 1. The summed E-state index contributed by atoms with van der Waals surface area (Å²) in [5.74, 6) is 0.721. The number of para-hydroxylation sites is 1. The Morgan fingerprint density at radius 3 is 2.73 bits per heavy atom. The van der Waals surface area contributed by atoms with E-state index in [0.29, 0.717) is 33.8 Å². The Balaban J connectivity index is 1.79. The third kappa shape index (κ3) is 3.69. The molecule has 1 aromatic carbocycles. The van der Waals surface area contributed by atoms with Gasteiger partial charge in [0.05, 0.1) is 21.7 Å². The Labute approximate surface area is 159 Å². The summed E-state index contributed by atoms with van der Waals surface area (Å²) in [4.78, 5) is 27.5. The number of fused-ring (bicyclic) bond motifs is 1. The van der Waals surface area contributed by atoms with Gasteiger partial charge in [0.25, 0.3) is 0 Å². The molecule has 0 spiro atoms. The van der Waals surface area contributed by atoms with Crippen LogP contribution < -0.4 is 4.90 Å². The molecule has 2 heterocycles. The van der Waals surface area contributed by atoms with E-state index in [4.69, 9.17) is 0 Å². The molecule has 3 aromatic rings. The van der Waals surface area contributed by atoms with Gasteiger partial charge in [-0.05, 0) is 32.9 Å². The first-order valence-corrected chi connectivity index (χ1v) is 9.87. The van der Waals surface area contributed by atoms with Crippen molar-refractivity contribution in [3.05, 3.63) is 41.3 Å². The van der Waals surface area contributed by atoms with Crippen molar-refractivity contribution in [2.24, 2.45) is 0 Å².